The van der Waals surface area contributed by atoms with E-state index in [2.05, 4.69) is 0 Å². The number of methoxy groups -OCH3 is 2. The second-order valence-corrected chi connectivity index (χ2v) is 6.15. The van der Waals surface area contributed by atoms with Crippen molar-refractivity contribution >= 4 is 28.9 Å². The molecule has 0 amide bonds. The molecule has 0 aliphatic rings. The molecular weight excluding hydrogens is 349 g/mol. The highest BCUT2D eigenvalue weighted by Gasteiger charge is 2.12. The largest absolute Gasteiger partial charge is 0.506 e. The molecule has 4 nitrogen and oxygen atoms in total. The summed E-state index contributed by atoms with van der Waals surface area (Å²) in [6.45, 7) is 0. The number of phenols is 1. The molecule has 2 N–H and O–H groups in total. The zero-order valence-corrected chi connectivity index (χ0v) is 15.0. The Morgan fingerprint density at radius 2 is 1.79 bits per heavy atom. The minimum atomic E-state index is -0.0998. The minimum absolute atomic E-state index is 0.0998. The van der Waals surface area contributed by atoms with Crippen LogP contribution < -0.4 is 9.47 Å². The molecule has 2 aromatic rings. The van der Waals surface area contributed by atoms with Crippen molar-refractivity contribution in [2.45, 2.75) is 19.3 Å². The van der Waals surface area contributed by atoms with Crippen LogP contribution in [-0.4, -0.2) is 25.0 Å². The summed E-state index contributed by atoms with van der Waals surface area (Å²) in [6, 6.07) is 8.78. The number of aromatic hydroxyl groups is 1. The van der Waals surface area contributed by atoms with Crippen LogP contribution in [0, 0.1) is 5.41 Å². The summed E-state index contributed by atoms with van der Waals surface area (Å²) < 4.78 is 10.5. The third kappa shape index (κ3) is 4.34. The number of hydrogen-bond donors (Lipinski definition) is 2. The van der Waals surface area contributed by atoms with Gasteiger partial charge in [-0.25, -0.2) is 0 Å². The van der Waals surface area contributed by atoms with Crippen molar-refractivity contribution < 1.29 is 14.6 Å². The van der Waals surface area contributed by atoms with Gasteiger partial charge in [0.1, 0.15) is 5.75 Å². The summed E-state index contributed by atoms with van der Waals surface area (Å²) in [5, 5.41) is 18.7. The molecule has 0 aromatic heterocycles. The Morgan fingerprint density at radius 3 is 2.46 bits per heavy atom. The molecule has 0 unspecified atom stereocenters. The molecule has 0 heterocycles. The van der Waals surface area contributed by atoms with E-state index < -0.39 is 0 Å². The fourth-order valence-electron chi connectivity index (χ4n) is 2.44. The lowest BCUT2D eigenvalue weighted by Gasteiger charge is -2.11. The van der Waals surface area contributed by atoms with E-state index in [1.165, 1.54) is 6.07 Å². The van der Waals surface area contributed by atoms with Gasteiger partial charge in [-0.3, -0.25) is 0 Å². The highest BCUT2D eigenvalue weighted by Crippen LogP contribution is 2.32. The van der Waals surface area contributed by atoms with E-state index in [0.29, 0.717) is 34.2 Å². The predicted molar refractivity (Wildman–Crippen MR) is 97.4 cm³/mol. The topological polar surface area (TPSA) is 62.5 Å². The van der Waals surface area contributed by atoms with Gasteiger partial charge in [0.25, 0.3) is 0 Å². The molecule has 0 spiro atoms. The van der Waals surface area contributed by atoms with Crippen molar-refractivity contribution in [3.05, 3.63) is 51.5 Å². The molecule has 128 valence electrons. The van der Waals surface area contributed by atoms with Gasteiger partial charge in [0.15, 0.2) is 11.5 Å². The molecule has 0 fully saturated rings. The Hall–Kier alpha value is -1.91. The quantitative estimate of drug-likeness (QED) is 0.668. The number of ether oxygens (including phenoxy) is 2. The number of halogens is 2. The van der Waals surface area contributed by atoms with Crippen LogP contribution in [0.2, 0.25) is 10.0 Å². The van der Waals surface area contributed by atoms with Gasteiger partial charge in [-0.15, -0.1) is 0 Å². The second kappa shape index (κ2) is 8.27. The molecular formula is C18H19Cl2NO3. The summed E-state index contributed by atoms with van der Waals surface area (Å²) in [7, 11) is 3.20. The maximum Gasteiger partial charge on any atom is 0.160 e. The number of hydrogen-bond acceptors (Lipinski definition) is 4. The maximum absolute atomic E-state index is 9.97. The molecule has 2 aromatic carbocycles. The minimum Gasteiger partial charge on any atom is -0.506 e. The summed E-state index contributed by atoms with van der Waals surface area (Å²) in [5.41, 5.74) is 1.77. The highest BCUT2D eigenvalue weighted by atomic mass is 35.5. The van der Waals surface area contributed by atoms with Gasteiger partial charge in [-0.1, -0.05) is 29.3 Å². The first-order valence-corrected chi connectivity index (χ1v) is 8.18. The second-order valence-electron chi connectivity index (χ2n) is 5.31. The molecule has 0 aliphatic carbocycles. The van der Waals surface area contributed by atoms with Gasteiger partial charge in [0, 0.05) is 16.3 Å². The molecule has 24 heavy (non-hydrogen) atoms. The standard InChI is InChI=1S/C18H19Cl2NO3/c1-23-16-7-6-11(8-17(16)24-2)4-3-5-15(21)13-9-12(19)10-14(20)18(13)22/h6-10,21-22H,3-5H2,1-2H3. The van der Waals surface area contributed by atoms with Crippen molar-refractivity contribution in [1.29, 1.82) is 5.41 Å². The van der Waals surface area contributed by atoms with Gasteiger partial charge in [0.05, 0.1) is 19.2 Å². The highest BCUT2D eigenvalue weighted by molar-refractivity contribution is 6.36. The van der Waals surface area contributed by atoms with Crippen LogP contribution in [0.15, 0.2) is 30.3 Å². The van der Waals surface area contributed by atoms with E-state index in [1.807, 2.05) is 18.2 Å². The van der Waals surface area contributed by atoms with Gasteiger partial charge in [-0.05, 0) is 49.1 Å². The third-order valence-corrected chi connectivity index (χ3v) is 4.20. The fourth-order valence-corrected chi connectivity index (χ4v) is 2.93. The van der Waals surface area contributed by atoms with E-state index >= 15 is 0 Å². The van der Waals surface area contributed by atoms with Crippen LogP contribution in [-0.2, 0) is 6.42 Å². The maximum atomic E-state index is 9.97. The van der Waals surface area contributed by atoms with E-state index in [1.54, 1.807) is 20.3 Å². The van der Waals surface area contributed by atoms with Crippen LogP contribution >= 0.6 is 23.2 Å². The van der Waals surface area contributed by atoms with E-state index in [-0.39, 0.29) is 10.8 Å². The van der Waals surface area contributed by atoms with Crippen molar-refractivity contribution in [3.8, 4) is 17.2 Å². The number of phenolic OH excluding ortho intramolecular Hbond substituents is 1. The van der Waals surface area contributed by atoms with Gasteiger partial charge >= 0.3 is 0 Å². The van der Waals surface area contributed by atoms with Gasteiger partial charge in [0.2, 0.25) is 0 Å². The average molecular weight is 368 g/mol. The summed E-state index contributed by atoms with van der Waals surface area (Å²) in [4.78, 5) is 0. The first-order chi connectivity index (χ1) is 11.5. The summed E-state index contributed by atoms with van der Waals surface area (Å²) in [6.07, 6.45) is 2.02. The normalized spacial score (nSPS) is 10.5. The molecule has 0 saturated heterocycles. The summed E-state index contributed by atoms with van der Waals surface area (Å²) >= 11 is 11.8. The molecule has 0 radical (unpaired) electrons. The van der Waals surface area contributed by atoms with Crippen LogP contribution in [0.3, 0.4) is 0 Å². The Morgan fingerprint density at radius 1 is 1.08 bits per heavy atom. The van der Waals surface area contributed by atoms with Crippen molar-refractivity contribution in [3.63, 3.8) is 0 Å². The zero-order valence-electron chi connectivity index (χ0n) is 13.5. The van der Waals surface area contributed by atoms with Crippen molar-refractivity contribution in [2.24, 2.45) is 0 Å². The van der Waals surface area contributed by atoms with Crippen LogP contribution in [0.25, 0.3) is 0 Å². The monoisotopic (exact) mass is 367 g/mol. The molecule has 2 rings (SSSR count). The van der Waals surface area contributed by atoms with Crippen molar-refractivity contribution in [1.82, 2.24) is 0 Å². The van der Waals surface area contributed by atoms with Crippen LogP contribution in [0.1, 0.15) is 24.0 Å². The summed E-state index contributed by atoms with van der Waals surface area (Å²) in [5.74, 6) is 1.27. The van der Waals surface area contributed by atoms with E-state index in [0.717, 1.165) is 18.4 Å². The van der Waals surface area contributed by atoms with E-state index in [4.69, 9.17) is 38.1 Å². The third-order valence-electron chi connectivity index (χ3n) is 3.69. The van der Waals surface area contributed by atoms with Crippen LogP contribution in [0.4, 0.5) is 0 Å². The lowest BCUT2D eigenvalue weighted by molar-refractivity contribution is 0.354. The molecule has 0 bridgehead atoms. The lowest BCUT2D eigenvalue weighted by atomic mass is 10.0. The average Bonchev–Trinajstić information content (AvgIpc) is 2.57. The van der Waals surface area contributed by atoms with E-state index in [9.17, 15) is 5.11 Å². The number of benzene rings is 2. The molecule has 0 aliphatic heterocycles. The van der Waals surface area contributed by atoms with Gasteiger partial charge in [-0.2, -0.15) is 0 Å². The number of nitrogens with one attached hydrogen (secondary N) is 1. The van der Waals surface area contributed by atoms with Crippen LogP contribution in [0.5, 0.6) is 17.2 Å². The van der Waals surface area contributed by atoms with Gasteiger partial charge < -0.3 is 20.0 Å². The number of rotatable bonds is 7. The molecule has 0 saturated carbocycles. The Bertz CT molecular complexity index is 747. The smallest absolute Gasteiger partial charge is 0.160 e. The Balaban J connectivity index is 2.01. The Labute approximate surface area is 151 Å². The lowest BCUT2D eigenvalue weighted by Crippen LogP contribution is -2.01. The molecule has 0 atom stereocenters. The zero-order chi connectivity index (χ0) is 17.7. The first kappa shape index (κ1) is 18.4. The SMILES string of the molecule is COc1ccc(CCCC(=N)c2cc(Cl)cc(Cl)c2O)cc1OC. The Kier molecular flexibility index (Phi) is 6.35. The fraction of sp³-hybridized carbons (Fsp3) is 0.278. The first-order valence-electron chi connectivity index (χ1n) is 7.43. The number of aryl methyl sites for hydroxylation is 1. The molecule has 6 heteroatoms. The van der Waals surface area contributed by atoms with Crippen molar-refractivity contribution in [2.75, 3.05) is 14.2 Å². The predicted octanol–water partition coefficient (Wildman–Crippen LogP) is 5.11.